The summed E-state index contributed by atoms with van der Waals surface area (Å²) in [6, 6.07) is 24.9. The van der Waals surface area contributed by atoms with Crippen LogP contribution in [0, 0.1) is 11.3 Å². The number of nitrogens with one attached hydrogen (secondary N) is 1. The van der Waals surface area contributed by atoms with Crippen LogP contribution in [0.4, 0.5) is 5.69 Å². The van der Waals surface area contributed by atoms with Crippen LogP contribution < -0.4 is 4.72 Å². The van der Waals surface area contributed by atoms with Crippen LogP contribution in [0.2, 0.25) is 0 Å². The number of β-amino-alcohol motifs (C(OH)–C–C–N with tert-alkyl or cyclic N) is 1. The summed E-state index contributed by atoms with van der Waals surface area (Å²) in [6.45, 7) is 1.91. The maximum Gasteiger partial charge on any atom is 0.261 e. The molecule has 0 spiro atoms. The third-order valence-corrected chi connectivity index (χ3v) is 6.72. The second kappa shape index (κ2) is 8.52. The van der Waals surface area contributed by atoms with E-state index in [1.165, 1.54) is 24.3 Å². The van der Waals surface area contributed by atoms with Gasteiger partial charge in [0.05, 0.1) is 22.1 Å². The van der Waals surface area contributed by atoms with Crippen molar-refractivity contribution < 1.29 is 13.5 Å². The largest absolute Gasteiger partial charge is 0.387 e. The van der Waals surface area contributed by atoms with E-state index in [9.17, 15) is 13.5 Å². The zero-order valence-corrected chi connectivity index (χ0v) is 17.7. The molecule has 3 aromatic carbocycles. The third kappa shape index (κ3) is 5.12. The number of hydrogen-bond donors (Lipinski definition) is 2. The van der Waals surface area contributed by atoms with Gasteiger partial charge in [-0.1, -0.05) is 42.5 Å². The number of anilines is 1. The fourth-order valence-electron chi connectivity index (χ4n) is 3.84. The fourth-order valence-corrected chi connectivity index (χ4v) is 4.90. The van der Waals surface area contributed by atoms with Crippen LogP contribution in [0.3, 0.4) is 0 Å². The molecule has 0 radical (unpaired) electrons. The number of aliphatic hydroxyl groups is 1. The van der Waals surface area contributed by atoms with E-state index in [4.69, 9.17) is 5.26 Å². The molecule has 0 amide bonds. The van der Waals surface area contributed by atoms with Crippen LogP contribution in [0.15, 0.2) is 83.8 Å². The molecule has 7 heteroatoms. The molecular formula is C24H23N3O3S. The summed E-state index contributed by atoms with van der Waals surface area (Å²) in [5, 5.41) is 19.5. The first-order valence-electron chi connectivity index (χ1n) is 9.96. The van der Waals surface area contributed by atoms with Crippen LogP contribution in [0.25, 0.3) is 0 Å². The molecule has 0 unspecified atom stereocenters. The Kier molecular flexibility index (Phi) is 5.79. The Morgan fingerprint density at radius 3 is 2.19 bits per heavy atom. The summed E-state index contributed by atoms with van der Waals surface area (Å²) in [4.78, 5) is 2.27. The van der Waals surface area contributed by atoms with E-state index < -0.39 is 15.6 Å². The molecule has 0 saturated carbocycles. The molecule has 0 atom stereocenters. The molecule has 31 heavy (non-hydrogen) atoms. The molecule has 1 fully saturated rings. The second-order valence-electron chi connectivity index (χ2n) is 7.97. The standard InChI is InChI=1S/C24H23N3O3S/c25-15-20-8-12-23(13-9-20)31(29,30)26-22-10-6-21(7-11-22)16-27-17-24(28,18-27)14-19-4-2-1-3-5-19/h1-13,26,28H,14,16-18H2. The van der Waals surface area contributed by atoms with Gasteiger partial charge in [-0.2, -0.15) is 5.26 Å². The zero-order valence-electron chi connectivity index (χ0n) is 16.9. The molecule has 3 aromatic rings. The molecule has 1 aliphatic heterocycles. The van der Waals surface area contributed by atoms with Gasteiger partial charge in [0.2, 0.25) is 0 Å². The molecule has 158 valence electrons. The lowest BCUT2D eigenvalue weighted by molar-refractivity contribution is -0.100. The van der Waals surface area contributed by atoms with E-state index in [0.717, 1.165) is 11.1 Å². The highest BCUT2D eigenvalue weighted by atomic mass is 32.2. The minimum absolute atomic E-state index is 0.105. The Bertz CT molecular complexity index is 1180. The summed E-state index contributed by atoms with van der Waals surface area (Å²) in [5.41, 5.74) is 2.35. The first kappa shape index (κ1) is 21.1. The van der Waals surface area contributed by atoms with Gasteiger partial charge >= 0.3 is 0 Å². The Hall–Kier alpha value is -3.18. The number of nitrogens with zero attached hydrogens (tertiary/aromatic N) is 2. The quantitative estimate of drug-likeness (QED) is 0.597. The molecule has 0 aromatic heterocycles. The minimum Gasteiger partial charge on any atom is -0.387 e. The van der Waals surface area contributed by atoms with Gasteiger partial charge in [-0.3, -0.25) is 9.62 Å². The maximum absolute atomic E-state index is 12.5. The summed E-state index contributed by atoms with van der Waals surface area (Å²) in [5.74, 6) is 0. The van der Waals surface area contributed by atoms with Gasteiger partial charge in [0.1, 0.15) is 0 Å². The Morgan fingerprint density at radius 2 is 1.58 bits per heavy atom. The molecule has 1 saturated heterocycles. The molecule has 6 nitrogen and oxygen atoms in total. The van der Waals surface area contributed by atoms with Crippen LogP contribution >= 0.6 is 0 Å². The Morgan fingerprint density at radius 1 is 0.935 bits per heavy atom. The highest BCUT2D eigenvalue weighted by Crippen LogP contribution is 2.27. The normalized spacial score (nSPS) is 15.6. The zero-order chi connectivity index (χ0) is 21.9. The lowest BCUT2D eigenvalue weighted by Crippen LogP contribution is -2.62. The lowest BCUT2D eigenvalue weighted by atomic mass is 9.87. The molecule has 1 heterocycles. The summed E-state index contributed by atoms with van der Waals surface area (Å²) < 4.78 is 27.6. The van der Waals surface area contributed by atoms with Crippen LogP contribution in [0.1, 0.15) is 16.7 Å². The van der Waals surface area contributed by atoms with Gasteiger partial charge in [0.15, 0.2) is 0 Å². The maximum atomic E-state index is 12.5. The van der Waals surface area contributed by atoms with Gasteiger partial charge in [-0.05, 0) is 47.5 Å². The second-order valence-corrected chi connectivity index (χ2v) is 9.65. The number of sulfonamides is 1. The molecule has 1 aliphatic rings. The Labute approximate surface area is 182 Å². The van der Waals surface area contributed by atoms with Gasteiger partial charge < -0.3 is 5.11 Å². The lowest BCUT2D eigenvalue weighted by Gasteiger charge is -2.46. The average Bonchev–Trinajstić information content (AvgIpc) is 2.74. The van der Waals surface area contributed by atoms with Crippen LogP contribution in [0.5, 0.6) is 0 Å². The summed E-state index contributed by atoms with van der Waals surface area (Å²) in [6.07, 6.45) is 0.639. The average molecular weight is 434 g/mol. The number of rotatable bonds is 7. The van der Waals surface area contributed by atoms with E-state index in [1.807, 2.05) is 48.5 Å². The van der Waals surface area contributed by atoms with Crippen molar-refractivity contribution in [2.24, 2.45) is 0 Å². The van der Waals surface area contributed by atoms with E-state index in [0.29, 0.717) is 37.3 Å². The molecule has 0 bridgehead atoms. The van der Waals surface area contributed by atoms with Crippen molar-refractivity contribution in [3.8, 4) is 6.07 Å². The van der Waals surface area contributed by atoms with Crippen molar-refractivity contribution in [1.29, 1.82) is 5.26 Å². The molecular weight excluding hydrogens is 410 g/mol. The number of benzene rings is 3. The SMILES string of the molecule is N#Cc1ccc(S(=O)(=O)Nc2ccc(CN3CC(O)(Cc4ccccc4)C3)cc2)cc1. The van der Waals surface area contributed by atoms with Gasteiger partial charge in [0, 0.05) is 31.7 Å². The number of likely N-dealkylation sites (tertiary alicyclic amines) is 1. The predicted molar refractivity (Wildman–Crippen MR) is 119 cm³/mol. The van der Waals surface area contributed by atoms with Crippen molar-refractivity contribution >= 4 is 15.7 Å². The summed E-state index contributed by atoms with van der Waals surface area (Å²) in [7, 11) is -3.72. The first-order chi connectivity index (χ1) is 14.9. The first-order valence-corrected chi connectivity index (χ1v) is 11.4. The predicted octanol–water partition coefficient (Wildman–Crippen LogP) is 3.15. The van der Waals surface area contributed by atoms with Crippen LogP contribution in [-0.4, -0.2) is 37.1 Å². The molecule has 0 aliphatic carbocycles. The topological polar surface area (TPSA) is 93.4 Å². The third-order valence-electron chi connectivity index (χ3n) is 5.32. The van der Waals surface area contributed by atoms with E-state index in [-0.39, 0.29) is 4.90 Å². The van der Waals surface area contributed by atoms with Gasteiger partial charge in [-0.15, -0.1) is 0 Å². The van der Waals surface area contributed by atoms with Crippen molar-refractivity contribution in [1.82, 2.24) is 4.90 Å². The van der Waals surface area contributed by atoms with E-state index in [2.05, 4.69) is 9.62 Å². The smallest absolute Gasteiger partial charge is 0.261 e. The fraction of sp³-hybridized carbons (Fsp3) is 0.208. The van der Waals surface area contributed by atoms with Gasteiger partial charge in [-0.25, -0.2) is 8.42 Å². The van der Waals surface area contributed by atoms with Crippen molar-refractivity contribution in [3.63, 3.8) is 0 Å². The van der Waals surface area contributed by atoms with Crippen molar-refractivity contribution in [2.45, 2.75) is 23.5 Å². The van der Waals surface area contributed by atoms with E-state index in [1.54, 1.807) is 12.1 Å². The minimum atomic E-state index is -3.72. The molecule has 4 rings (SSSR count). The number of hydrogen-bond acceptors (Lipinski definition) is 5. The van der Waals surface area contributed by atoms with Crippen molar-refractivity contribution in [3.05, 3.63) is 95.6 Å². The molecule has 2 N–H and O–H groups in total. The van der Waals surface area contributed by atoms with Crippen molar-refractivity contribution in [2.75, 3.05) is 17.8 Å². The highest BCUT2D eigenvalue weighted by molar-refractivity contribution is 7.92. The monoisotopic (exact) mass is 433 g/mol. The van der Waals surface area contributed by atoms with Crippen LogP contribution in [-0.2, 0) is 23.0 Å². The Balaban J connectivity index is 1.32. The number of nitriles is 1. The highest BCUT2D eigenvalue weighted by Gasteiger charge is 2.40. The summed E-state index contributed by atoms with van der Waals surface area (Å²) >= 11 is 0. The van der Waals surface area contributed by atoms with Gasteiger partial charge in [0.25, 0.3) is 10.0 Å². The van der Waals surface area contributed by atoms with E-state index >= 15 is 0 Å².